The van der Waals surface area contributed by atoms with E-state index in [-0.39, 0.29) is 22.8 Å². The number of aromatic amines is 1. The molecule has 0 atom stereocenters. The Kier molecular flexibility index (Phi) is 5.49. The summed E-state index contributed by atoms with van der Waals surface area (Å²) in [5, 5.41) is 6.34. The van der Waals surface area contributed by atoms with Crippen LogP contribution in [0.2, 0.25) is 0 Å². The zero-order valence-electron chi connectivity index (χ0n) is 16.3. The predicted molar refractivity (Wildman–Crippen MR) is 108 cm³/mol. The highest BCUT2D eigenvalue weighted by atomic mass is 31.2. The second-order valence-electron chi connectivity index (χ2n) is 6.71. The van der Waals surface area contributed by atoms with Gasteiger partial charge in [0.15, 0.2) is 0 Å². The van der Waals surface area contributed by atoms with Crippen LogP contribution in [0.5, 0.6) is 5.75 Å². The van der Waals surface area contributed by atoms with Gasteiger partial charge in [0.2, 0.25) is 5.95 Å². The third-order valence-electron chi connectivity index (χ3n) is 4.23. The Bertz CT molecular complexity index is 1090. The first kappa shape index (κ1) is 21.0. The molecule has 0 aliphatic rings. The van der Waals surface area contributed by atoms with Crippen molar-refractivity contribution in [3.63, 3.8) is 0 Å². The van der Waals surface area contributed by atoms with E-state index in [1.807, 2.05) is 0 Å². The molecule has 0 saturated carbocycles. The molecule has 156 valence electrons. The molecule has 29 heavy (non-hydrogen) atoms. The van der Waals surface area contributed by atoms with Crippen LogP contribution in [-0.2, 0) is 10.7 Å². The molecule has 0 saturated heterocycles. The molecular weight excluding hydrogens is 406 g/mol. The summed E-state index contributed by atoms with van der Waals surface area (Å²) in [5.74, 6) is 0.574. The van der Waals surface area contributed by atoms with Gasteiger partial charge in [-0.2, -0.15) is 23.1 Å². The number of benzene rings is 1. The predicted octanol–water partition coefficient (Wildman–Crippen LogP) is 4.41. The molecule has 0 fully saturated rings. The number of hydrogen-bond acceptors (Lipinski definition) is 6. The van der Waals surface area contributed by atoms with Crippen LogP contribution in [0, 0.1) is 0 Å². The van der Waals surface area contributed by atoms with Crippen molar-refractivity contribution in [2.45, 2.75) is 13.1 Å². The van der Waals surface area contributed by atoms with Gasteiger partial charge in [-0.1, -0.05) is 0 Å². The summed E-state index contributed by atoms with van der Waals surface area (Å²) in [7, 11) is -1.02. The van der Waals surface area contributed by atoms with Crippen molar-refractivity contribution in [3.05, 3.63) is 30.0 Å². The van der Waals surface area contributed by atoms with Gasteiger partial charge in [-0.25, -0.2) is 0 Å². The Labute approximate surface area is 165 Å². The number of fused-ring (bicyclic) bond motifs is 1. The Morgan fingerprint density at radius 1 is 1.24 bits per heavy atom. The minimum absolute atomic E-state index is 0.0491. The van der Waals surface area contributed by atoms with Crippen LogP contribution in [0.3, 0.4) is 0 Å². The van der Waals surface area contributed by atoms with E-state index in [0.29, 0.717) is 23.3 Å². The van der Waals surface area contributed by atoms with Crippen LogP contribution in [0.25, 0.3) is 11.0 Å². The van der Waals surface area contributed by atoms with E-state index in [1.165, 1.54) is 7.11 Å². The summed E-state index contributed by atoms with van der Waals surface area (Å²) in [6, 6.07) is 5.03. The Morgan fingerprint density at radius 3 is 2.55 bits per heavy atom. The number of halogens is 3. The molecular formula is C18H21F3N5O2P. The van der Waals surface area contributed by atoms with Crippen LogP contribution in [0.4, 0.5) is 30.6 Å². The zero-order valence-corrected chi connectivity index (χ0v) is 17.2. The topological polar surface area (TPSA) is 91.9 Å². The molecule has 0 unspecified atom stereocenters. The molecule has 7 nitrogen and oxygen atoms in total. The molecule has 2 heterocycles. The van der Waals surface area contributed by atoms with Gasteiger partial charge in [0.25, 0.3) is 0 Å². The van der Waals surface area contributed by atoms with E-state index < -0.39 is 18.9 Å². The van der Waals surface area contributed by atoms with Gasteiger partial charge in [-0.05, 0) is 38.5 Å². The van der Waals surface area contributed by atoms with Gasteiger partial charge in [-0.3, -0.25) is 0 Å². The SMILES string of the molecule is CCNc1nc(Nc2ccc(P(C)(C)=O)cc2OC)nc2[nH]cc(C(F)(F)F)c12. The van der Waals surface area contributed by atoms with Crippen LogP contribution in [0.1, 0.15) is 12.5 Å². The molecule has 0 aliphatic carbocycles. The molecule has 0 amide bonds. The van der Waals surface area contributed by atoms with Crippen LogP contribution in [-0.4, -0.2) is 41.9 Å². The van der Waals surface area contributed by atoms with E-state index in [9.17, 15) is 17.7 Å². The smallest absolute Gasteiger partial charge is 0.418 e. The fourth-order valence-electron chi connectivity index (χ4n) is 2.85. The first-order valence-electron chi connectivity index (χ1n) is 8.75. The quantitative estimate of drug-likeness (QED) is 0.505. The van der Waals surface area contributed by atoms with Gasteiger partial charge < -0.3 is 24.9 Å². The number of methoxy groups -OCH3 is 1. The van der Waals surface area contributed by atoms with E-state index in [2.05, 4.69) is 25.6 Å². The van der Waals surface area contributed by atoms with Crippen molar-refractivity contribution in [3.8, 4) is 5.75 Å². The molecule has 3 aromatic rings. The number of nitrogens with zero attached hydrogens (tertiary/aromatic N) is 2. The lowest BCUT2D eigenvalue weighted by Crippen LogP contribution is -2.09. The highest BCUT2D eigenvalue weighted by molar-refractivity contribution is 7.70. The number of aromatic nitrogens is 3. The van der Waals surface area contributed by atoms with Crippen LogP contribution >= 0.6 is 7.14 Å². The van der Waals surface area contributed by atoms with Gasteiger partial charge in [-0.15, -0.1) is 0 Å². The van der Waals surface area contributed by atoms with Crippen LogP contribution in [0.15, 0.2) is 24.4 Å². The monoisotopic (exact) mass is 427 g/mol. The van der Waals surface area contributed by atoms with Crippen molar-refractivity contribution in [1.29, 1.82) is 0 Å². The average molecular weight is 427 g/mol. The number of anilines is 3. The maximum atomic E-state index is 13.3. The van der Waals surface area contributed by atoms with E-state index >= 15 is 0 Å². The Hall–Kier alpha value is -2.74. The van der Waals surface area contributed by atoms with Crippen LogP contribution < -0.4 is 20.7 Å². The summed E-state index contributed by atoms with van der Waals surface area (Å²) in [4.78, 5) is 10.9. The maximum Gasteiger partial charge on any atom is 0.418 e. The lowest BCUT2D eigenvalue weighted by molar-refractivity contribution is -0.136. The van der Waals surface area contributed by atoms with Crippen molar-refractivity contribution in [1.82, 2.24) is 15.0 Å². The minimum Gasteiger partial charge on any atom is -0.495 e. The summed E-state index contributed by atoms with van der Waals surface area (Å²) < 4.78 is 57.5. The fraction of sp³-hybridized carbons (Fsp3) is 0.333. The van der Waals surface area contributed by atoms with Crippen molar-refractivity contribution >= 4 is 40.9 Å². The lowest BCUT2D eigenvalue weighted by atomic mass is 10.2. The zero-order chi connectivity index (χ0) is 21.4. The normalized spacial score (nSPS) is 12.2. The third kappa shape index (κ3) is 4.32. The third-order valence-corrected chi connectivity index (χ3v) is 5.76. The minimum atomic E-state index is -4.53. The molecule has 0 radical (unpaired) electrons. The molecule has 2 aromatic heterocycles. The van der Waals surface area contributed by atoms with Gasteiger partial charge in [0.1, 0.15) is 24.4 Å². The number of rotatable bonds is 6. The number of alkyl halides is 3. The lowest BCUT2D eigenvalue weighted by Gasteiger charge is -2.15. The second-order valence-corrected chi connectivity index (χ2v) is 9.93. The summed E-state index contributed by atoms with van der Waals surface area (Å²) in [6.45, 7) is 5.45. The Balaban J connectivity index is 2.06. The van der Waals surface area contributed by atoms with E-state index in [0.717, 1.165) is 6.20 Å². The first-order valence-corrected chi connectivity index (χ1v) is 11.4. The van der Waals surface area contributed by atoms with Crippen molar-refractivity contribution in [2.75, 3.05) is 37.6 Å². The average Bonchev–Trinajstić information content (AvgIpc) is 3.06. The van der Waals surface area contributed by atoms with Crippen molar-refractivity contribution < 1.29 is 22.5 Å². The number of hydrogen-bond donors (Lipinski definition) is 3. The summed E-state index contributed by atoms with van der Waals surface area (Å²) in [5.41, 5.74) is -0.291. The first-order chi connectivity index (χ1) is 13.5. The molecule has 3 rings (SSSR count). The number of ether oxygens (including phenoxy) is 1. The molecule has 11 heteroatoms. The summed E-state index contributed by atoms with van der Waals surface area (Å²) >= 11 is 0. The molecule has 0 bridgehead atoms. The molecule has 0 spiro atoms. The van der Waals surface area contributed by atoms with Gasteiger partial charge >= 0.3 is 6.18 Å². The highest BCUT2D eigenvalue weighted by Crippen LogP contribution is 2.39. The Morgan fingerprint density at radius 2 is 1.97 bits per heavy atom. The van der Waals surface area contributed by atoms with Crippen molar-refractivity contribution in [2.24, 2.45) is 0 Å². The largest absolute Gasteiger partial charge is 0.495 e. The standard InChI is InChI=1S/C18H21F3N5O2P/c1-5-22-15-14-11(18(19,20)21)9-23-16(14)26-17(25-15)24-12-7-6-10(29(3,4)27)8-13(12)28-2/h6-9H,5H2,1-4H3,(H3,22,23,24,25,26). The van der Waals surface area contributed by atoms with E-state index in [4.69, 9.17) is 4.74 Å². The van der Waals surface area contributed by atoms with E-state index in [1.54, 1.807) is 38.5 Å². The number of nitrogens with one attached hydrogen (secondary N) is 3. The molecule has 0 aliphatic heterocycles. The molecule has 3 N–H and O–H groups in total. The maximum absolute atomic E-state index is 13.3. The molecule has 1 aromatic carbocycles. The van der Waals surface area contributed by atoms with Gasteiger partial charge in [0, 0.05) is 18.0 Å². The highest BCUT2D eigenvalue weighted by Gasteiger charge is 2.35. The summed E-state index contributed by atoms with van der Waals surface area (Å²) in [6.07, 6.45) is -3.66. The fourth-order valence-corrected chi connectivity index (χ4v) is 3.71. The number of H-pyrrole nitrogens is 1. The van der Waals surface area contributed by atoms with Gasteiger partial charge in [0.05, 0.1) is 23.7 Å². The second kappa shape index (κ2) is 7.59.